The first-order valence-corrected chi connectivity index (χ1v) is 20.5. The van der Waals surface area contributed by atoms with Crippen molar-refractivity contribution in [3.8, 4) is 55.6 Å². The summed E-state index contributed by atoms with van der Waals surface area (Å²) in [5.41, 5.74) is 4.29. The zero-order chi connectivity index (χ0) is 56.0. The van der Waals surface area contributed by atoms with Crippen LogP contribution in [0.2, 0.25) is 0 Å². The van der Waals surface area contributed by atoms with E-state index in [2.05, 4.69) is 19.9 Å². The molecule has 298 valence electrons. The molecule has 1 heterocycles. The summed E-state index contributed by atoms with van der Waals surface area (Å²) in [6.45, 7) is 4.18. The fourth-order valence-corrected chi connectivity index (χ4v) is 9.10. The van der Waals surface area contributed by atoms with Crippen molar-refractivity contribution in [2.24, 2.45) is 0 Å². The van der Waals surface area contributed by atoms with Crippen LogP contribution in [0.3, 0.4) is 0 Å². The Morgan fingerprint density at radius 1 is 0.444 bits per heavy atom. The van der Waals surface area contributed by atoms with Gasteiger partial charge in [0.2, 0.25) is 0 Å². The largest absolute Gasteiger partial charge is 0.456 e. The van der Waals surface area contributed by atoms with Crippen molar-refractivity contribution < 1.29 is 26.3 Å². The molecule has 0 bridgehead atoms. The number of anilines is 3. The van der Waals surface area contributed by atoms with Crippen molar-refractivity contribution in [3.05, 3.63) is 235 Å². The summed E-state index contributed by atoms with van der Waals surface area (Å²) in [5, 5.41) is -1.15. The first-order valence-electron chi connectivity index (χ1n) is 28.5. The van der Waals surface area contributed by atoms with Gasteiger partial charge in [-0.3, -0.25) is 0 Å². The van der Waals surface area contributed by atoms with Crippen LogP contribution in [0.15, 0.2) is 228 Å². The molecule has 1 aromatic heterocycles. The van der Waals surface area contributed by atoms with E-state index in [1.165, 1.54) is 6.07 Å². The predicted octanol–water partition coefficient (Wildman–Crippen LogP) is 17.2. The monoisotopic (exact) mass is 821 g/mol. The highest BCUT2D eigenvalue weighted by Gasteiger charge is 2.38. The van der Waals surface area contributed by atoms with E-state index in [-0.39, 0.29) is 28.1 Å². The molecule has 0 aliphatic heterocycles. The molecule has 0 atom stereocenters. The van der Waals surface area contributed by atoms with Gasteiger partial charge in [-0.05, 0) is 132 Å². The minimum Gasteiger partial charge on any atom is -0.456 e. The van der Waals surface area contributed by atoms with Crippen LogP contribution in [0.1, 0.15) is 46.9 Å². The Balaban J connectivity index is 1.21. The third kappa shape index (κ3) is 6.09. The van der Waals surface area contributed by atoms with Crippen LogP contribution in [0.5, 0.6) is 0 Å². The molecular formula is C61H43NO. The Labute approximate surface area is 390 Å². The van der Waals surface area contributed by atoms with Gasteiger partial charge in [0.25, 0.3) is 0 Å². The summed E-state index contributed by atoms with van der Waals surface area (Å²) >= 11 is 0. The highest BCUT2D eigenvalue weighted by atomic mass is 16.3. The Hall–Kier alpha value is -7.94. The van der Waals surface area contributed by atoms with Crippen molar-refractivity contribution in [1.29, 1.82) is 0 Å². The van der Waals surface area contributed by atoms with Gasteiger partial charge in [0.15, 0.2) is 0 Å². The average Bonchev–Trinajstić information content (AvgIpc) is 4.20. The molecule has 10 aromatic carbocycles. The first-order chi connectivity index (χ1) is 37.7. The average molecular weight is 822 g/mol. The summed E-state index contributed by atoms with van der Waals surface area (Å²) in [6, 6.07) is 29.5. The third-order valence-corrected chi connectivity index (χ3v) is 12.0. The van der Waals surface area contributed by atoms with Crippen molar-refractivity contribution in [1.82, 2.24) is 0 Å². The topological polar surface area (TPSA) is 16.4 Å². The van der Waals surface area contributed by atoms with Gasteiger partial charge in [-0.1, -0.05) is 183 Å². The molecule has 0 N–H and O–H groups in total. The zero-order valence-electron chi connectivity index (χ0n) is 50.0. The standard InChI is InChI=1S/C61H43NO/c1-61(2)55-25-13-11-22-51(55)54-24-15-26-56(60(54)61)62(48-37-45(40-16-5-3-6-17-40)36-46(38-48)41-18-7-4-8-19-41)47-32-28-43(29-33-47)50-34-30-42-20-9-10-21-49(42)59(50)44-31-35-53-52-23-12-14-27-57(52)63-58(53)39-44/h3-39H,1-2H3/i9D,10D,12D,14D,20D,21D,27D,28D,29D,30D,31D,32D,33D,34D,35D,39D. The molecule has 0 radical (unpaired) electrons. The maximum absolute atomic E-state index is 10.2. The van der Waals surface area contributed by atoms with Crippen LogP contribution in [0, 0.1) is 0 Å². The lowest BCUT2D eigenvalue weighted by Crippen LogP contribution is -2.20. The van der Waals surface area contributed by atoms with Gasteiger partial charge in [0.1, 0.15) is 11.2 Å². The molecule has 2 heteroatoms. The van der Waals surface area contributed by atoms with Gasteiger partial charge in [-0.2, -0.15) is 0 Å². The lowest BCUT2D eigenvalue weighted by Gasteiger charge is -2.33. The van der Waals surface area contributed by atoms with E-state index in [1.807, 2.05) is 115 Å². The second-order valence-corrected chi connectivity index (χ2v) is 16.0. The molecule has 1 aliphatic carbocycles. The lowest BCUT2D eigenvalue weighted by molar-refractivity contribution is 0.661. The number of fused-ring (bicyclic) bond motifs is 7. The molecule has 0 amide bonds. The van der Waals surface area contributed by atoms with Crippen molar-refractivity contribution >= 4 is 49.8 Å². The van der Waals surface area contributed by atoms with E-state index in [0.717, 1.165) is 44.5 Å². The normalized spacial score (nSPS) is 16.3. The molecule has 0 spiro atoms. The number of hydrogen-bond acceptors (Lipinski definition) is 2. The molecule has 0 saturated heterocycles. The quantitative estimate of drug-likeness (QED) is 0.159. The molecule has 0 unspecified atom stereocenters. The van der Waals surface area contributed by atoms with Gasteiger partial charge < -0.3 is 9.32 Å². The Kier molecular flexibility index (Phi) is 5.54. The minimum absolute atomic E-state index is 0.00418. The summed E-state index contributed by atoms with van der Waals surface area (Å²) < 4.78 is 156. The maximum atomic E-state index is 10.2. The SMILES string of the molecule is [2H]c1cc2c(oc3c([2H])c(-c4c(-c5c([2H])c([2H])c(N(c6cc(-c7ccccc7)cc(-c7ccccc7)c6)c6cccc7c6C(C)(C)c6ccccc6-7)c([2H])c5[2H])c([2H])c([2H])c5c([2H])c([2H])c([2H])c([2H])c45)c([2H])c([2H])c32)c([2H])c1[2H]. The number of furan rings is 1. The highest BCUT2D eigenvalue weighted by Crippen LogP contribution is 2.55. The molecule has 12 rings (SSSR count). The molecular weight excluding hydrogens is 763 g/mol. The van der Waals surface area contributed by atoms with Crippen LogP contribution < -0.4 is 4.90 Å². The van der Waals surface area contributed by atoms with E-state index < -0.39 is 135 Å². The first kappa shape index (κ1) is 23.9. The Bertz CT molecular complexity index is 4390. The number of rotatable bonds is 7. The molecule has 11 aromatic rings. The van der Waals surface area contributed by atoms with E-state index in [9.17, 15) is 13.7 Å². The van der Waals surface area contributed by atoms with E-state index in [0.29, 0.717) is 11.4 Å². The number of hydrogen-bond donors (Lipinski definition) is 0. The van der Waals surface area contributed by atoms with E-state index >= 15 is 0 Å². The molecule has 1 aliphatic rings. The predicted molar refractivity (Wildman–Crippen MR) is 265 cm³/mol. The molecule has 0 fully saturated rings. The van der Waals surface area contributed by atoms with Crippen LogP contribution in [0.4, 0.5) is 17.1 Å². The number of benzene rings is 10. The van der Waals surface area contributed by atoms with Gasteiger partial charge in [-0.15, -0.1) is 0 Å². The highest BCUT2D eigenvalue weighted by molar-refractivity contribution is 6.09. The third-order valence-electron chi connectivity index (χ3n) is 12.0. The Morgan fingerprint density at radius 3 is 1.90 bits per heavy atom. The summed E-state index contributed by atoms with van der Waals surface area (Å²) in [4.78, 5) is 1.72. The number of nitrogens with zero attached hydrogens (tertiary/aromatic N) is 1. The zero-order valence-corrected chi connectivity index (χ0v) is 34.0. The van der Waals surface area contributed by atoms with Crippen molar-refractivity contribution in [2.75, 3.05) is 4.90 Å². The molecule has 0 saturated carbocycles. The second kappa shape index (κ2) is 14.6. The minimum atomic E-state index is -0.817. The van der Waals surface area contributed by atoms with Crippen LogP contribution in [0.25, 0.3) is 88.3 Å². The van der Waals surface area contributed by atoms with Crippen LogP contribution in [-0.4, -0.2) is 0 Å². The van der Waals surface area contributed by atoms with Crippen LogP contribution >= 0.6 is 0 Å². The van der Waals surface area contributed by atoms with Crippen molar-refractivity contribution in [2.45, 2.75) is 19.3 Å². The summed E-state index contributed by atoms with van der Waals surface area (Å²) in [7, 11) is 0. The van der Waals surface area contributed by atoms with Gasteiger partial charge >= 0.3 is 0 Å². The molecule has 63 heavy (non-hydrogen) atoms. The summed E-state index contributed by atoms with van der Waals surface area (Å²) in [5.74, 6) is 0. The van der Waals surface area contributed by atoms with Gasteiger partial charge in [0, 0.05) is 27.6 Å². The fourth-order valence-electron chi connectivity index (χ4n) is 9.10. The van der Waals surface area contributed by atoms with Crippen LogP contribution in [-0.2, 0) is 5.41 Å². The second-order valence-electron chi connectivity index (χ2n) is 16.0. The van der Waals surface area contributed by atoms with Gasteiger partial charge in [0.05, 0.1) is 27.6 Å². The maximum Gasteiger partial charge on any atom is 0.136 e. The summed E-state index contributed by atoms with van der Waals surface area (Å²) in [6.07, 6.45) is 0. The smallest absolute Gasteiger partial charge is 0.136 e. The fraction of sp³-hybridized carbons (Fsp3) is 0.0492. The van der Waals surface area contributed by atoms with Crippen molar-refractivity contribution in [3.63, 3.8) is 0 Å². The lowest BCUT2D eigenvalue weighted by atomic mass is 9.81. The van der Waals surface area contributed by atoms with E-state index in [4.69, 9.17) is 12.6 Å². The number of para-hydroxylation sites is 1. The van der Waals surface area contributed by atoms with Gasteiger partial charge in [-0.25, -0.2) is 0 Å². The Morgan fingerprint density at radius 2 is 1.13 bits per heavy atom. The molecule has 2 nitrogen and oxygen atoms in total. The van der Waals surface area contributed by atoms with E-state index in [1.54, 1.807) is 4.90 Å².